The van der Waals surface area contributed by atoms with Crippen LogP contribution in [0.3, 0.4) is 0 Å². The molecule has 0 radical (unpaired) electrons. The van der Waals surface area contributed by atoms with Gasteiger partial charge in [-0.05, 0) is 31.7 Å². The van der Waals surface area contributed by atoms with Crippen molar-refractivity contribution in [1.82, 2.24) is 25.9 Å². The van der Waals surface area contributed by atoms with Crippen LogP contribution in [0.1, 0.15) is 45.2 Å². The number of amides is 3. The number of imidazole rings is 1. The molecule has 0 aliphatic heterocycles. The molecule has 0 aliphatic carbocycles. The minimum atomic E-state index is -1.21. The lowest BCUT2D eigenvalue weighted by atomic mass is 10.0. The topological polar surface area (TPSA) is 205 Å². The van der Waals surface area contributed by atoms with E-state index < -0.39 is 41.8 Å². The highest BCUT2D eigenvalue weighted by atomic mass is 16.4. The Bertz CT molecular complexity index is 739. The van der Waals surface area contributed by atoms with E-state index >= 15 is 0 Å². The Labute approximate surface area is 187 Å². The van der Waals surface area contributed by atoms with Crippen molar-refractivity contribution in [2.45, 2.75) is 64.1 Å². The zero-order chi connectivity index (χ0) is 24.1. The summed E-state index contributed by atoms with van der Waals surface area (Å²) in [4.78, 5) is 55.2. The highest BCUT2D eigenvalue weighted by Gasteiger charge is 2.28. The van der Waals surface area contributed by atoms with E-state index in [0.29, 0.717) is 31.5 Å². The number of nitrogens with zero attached hydrogens (tertiary/aromatic N) is 1. The van der Waals surface area contributed by atoms with Crippen LogP contribution in [-0.2, 0) is 25.6 Å². The third-order valence-corrected chi connectivity index (χ3v) is 4.68. The van der Waals surface area contributed by atoms with Crippen molar-refractivity contribution in [2.24, 2.45) is 17.4 Å². The van der Waals surface area contributed by atoms with Crippen LogP contribution in [0.2, 0.25) is 0 Å². The number of carbonyl (C=O) groups is 4. The van der Waals surface area contributed by atoms with Crippen LogP contribution in [-0.4, -0.2) is 70.0 Å². The van der Waals surface area contributed by atoms with Crippen molar-refractivity contribution in [3.8, 4) is 0 Å². The van der Waals surface area contributed by atoms with E-state index in [1.165, 1.54) is 12.5 Å². The molecule has 1 aromatic rings. The Morgan fingerprint density at radius 2 is 1.84 bits per heavy atom. The molecular weight excluding hydrogens is 418 g/mol. The monoisotopic (exact) mass is 453 g/mol. The molecule has 1 heterocycles. The van der Waals surface area contributed by atoms with E-state index in [2.05, 4.69) is 25.9 Å². The van der Waals surface area contributed by atoms with Gasteiger partial charge in [-0.15, -0.1) is 0 Å². The molecule has 1 rings (SSSR count). The Kier molecular flexibility index (Phi) is 12.0. The maximum atomic E-state index is 12.7. The largest absolute Gasteiger partial charge is 0.480 e. The SMILES string of the molecule is CC(C)CC(NC(=O)CNC(=O)C(N)CCCCN)C(=O)NC(Cc1cnc[nH]1)C(=O)O. The Hall–Kier alpha value is -2.99. The highest BCUT2D eigenvalue weighted by molar-refractivity contribution is 5.92. The fourth-order valence-electron chi connectivity index (χ4n) is 2.98. The van der Waals surface area contributed by atoms with E-state index in [4.69, 9.17) is 11.5 Å². The van der Waals surface area contributed by atoms with E-state index in [0.717, 1.165) is 6.42 Å². The smallest absolute Gasteiger partial charge is 0.326 e. The molecule has 0 saturated carbocycles. The Morgan fingerprint density at radius 3 is 2.41 bits per heavy atom. The summed E-state index contributed by atoms with van der Waals surface area (Å²) in [7, 11) is 0. The summed E-state index contributed by atoms with van der Waals surface area (Å²) < 4.78 is 0. The lowest BCUT2D eigenvalue weighted by Crippen LogP contribution is -2.54. The number of hydrogen-bond donors (Lipinski definition) is 7. The summed E-state index contributed by atoms with van der Waals surface area (Å²) in [6, 6.07) is -2.90. The van der Waals surface area contributed by atoms with Gasteiger partial charge >= 0.3 is 5.97 Å². The van der Waals surface area contributed by atoms with Gasteiger partial charge in [-0.25, -0.2) is 9.78 Å². The van der Waals surface area contributed by atoms with Crippen LogP contribution in [0.15, 0.2) is 12.5 Å². The number of carboxylic acids is 1. The predicted molar refractivity (Wildman–Crippen MR) is 117 cm³/mol. The Morgan fingerprint density at radius 1 is 1.12 bits per heavy atom. The molecule has 9 N–H and O–H groups in total. The van der Waals surface area contributed by atoms with Crippen LogP contribution in [0.5, 0.6) is 0 Å². The summed E-state index contributed by atoms with van der Waals surface area (Å²) in [5, 5.41) is 16.9. The van der Waals surface area contributed by atoms with Gasteiger partial charge in [0.15, 0.2) is 0 Å². The zero-order valence-corrected chi connectivity index (χ0v) is 18.6. The number of H-pyrrole nitrogens is 1. The molecule has 3 unspecified atom stereocenters. The van der Waals surface area contributed by atoms with Gasteiger partial charge < -0.3 is 37.5 Å². The van der Waals surface area contributed by atoms with Crippen molar-refractivity contribution in [3.63, 3.8) is 0 Å². The normalized spacial score (nSPS) is 13.8. The lowest BCUT2D eigenvalue weighted by Gasteiger charge is -2.23. The molecule has 1 aromatic heterocycles. The number of aromatic nitrogens is 2. The number of nitrogens with two attached hydrogens (primary N) is 2. The van der Waals surface area contributed by atoms with E-state index in [1.54, 1.807) is 0 Å². The van der Waals surface area contributed by atoms with Gasteiger partial charge in [-0.1, -0.05) is 20.3 Å². The first-order valence-electron chi connectivity index (χ1n) is 10.7. The minimum absolute atomic E-state index is 0.0154. The fraction of sp³-hybridized carbons (Fsp3) is 0.650. The molecule has 12 nitrogen and oxygen atoms in total. The molecule has 12 heteroatoms. The third kappa shape index (κ3) is 10.4. The molecule has 3 atom stereocenters. The molecular formula is C20H35N7O5. The Balaban J connectivity index is 2.64. The first kappa shape index (κ1) is 27.0. The second kappa shape index (κ2) is 14.1. The predicted octanol–water partition coefficient (Wildman–Crippen LogP) is -1.37. The molecule has 32 heavy (non-hydrogen) atoms. The summed E-state index contributed by atoms with van der Waals surface area (Å²) >= 11 is 0. The molecule has 0 aliphatic rings. The van der Waals surface area contributed by atoms with Crippen molar-refractivity contribution in [3.05, 3.63) is 18.2 Å². The van der Waals surface area contributed by atoms with Gasteiger partial charge in [-0.3, -0.25) is 14.4 Å². The molecule has 0 saturated heterocycles. The van der Waals surface area contributed by atoms with Gasteiger partial charge in [-0.2, -0.15) is 0 Å². The number of rotatable bonds is 15. The van der Waals surface area contributed by atoms with Crippen LogP contribution >= 0.6 is 0 Å². The number of aliphatic carboxylic acids is 1. The lowest BCUT2D eigenvalue weighted by molar-refractivity contribution is -0.142. The molecule has 0 aromatic carbocycles. The second-order valence-corrected chi connectivity index (χ2v) is 8.04. The van der Waals surface area contributed by atoms with Crippen LogP contribution in [0.4, 0.5) is 0 Å². The van der Waals surface area contributed by atoms with Crippen molar-refractivity contribution < 1.29 is 24.3 Å². The van der Waals surface area contributed by atoms with Crippen LogP contribution < -0.4 is 27.4 Å². The van der Waals surface area contributed by atoms with Gasteiger partial charge in [0.05, 0.1) is 18.9 Å². The number of aromatic amines is 1. The molecule has 180 valence electrons. The van der Waals surface area contributed by atoms with Crippen molar-refractivity contribution in [2.75, 3.05) is 13.1 Å². The van der Waals surface area contributed by atoms with Crippen molar-refractivity contribution >= 4 is 23.7 Å². The van der Waals surface area contributed by atoms with E-state index in [9.17, 15) is 24.3 Å². The number of nitrogens with one attached hydrogen (secondary N) is 4. The summed E-state index contributed by atoms with van der Waals surface area (Å²) in [5.74, 6) is -2.82. The first-order valence-corrected chi connectivity index (χ1v) is 10.7. The van der Waals surface area contributed by atoms with E-state index in [1.807, 2.05) is 13.8 Å². The second-order valence-electron chi connectivity index (χ2n) is 8.04. The first-order chi connectivity index (χ1) is 15.1. The quantitative estimate of drug-likeness (QED) is 0.157. The minimum Gasteiger partial charge on any atom is -0.480 e. The van der Waals surface area contributed by atoms with E-state index in [-0.39, 0.29) is 18.9 Å². The van der Waals surface area contributed by atoms with Gasteiger partial charge in [0.2, 0.25) is 17.7 Å². The summed E-state index contributed by atoms with van der Waals surface area (Å²) in [6.07, 6.45) is 5.11. The van der Waals surface area contributed by atoms with Gasteiger partial charge in [0, 0.05) is 18.3 Å². The standard InChI is InChI=1S/C20H35N7O5/c1-12(2)7-15(19(30)27-16(20(31)32)8-13-9-23-11-25-13)26-17(28)10-24-18(29)14(22)5-3-4-6-21/h9,11-12,14-16H,3-8,10,21-22H2,1-2H3,(H,23,25)(H,24,29)(H,26,28)(H,27,30)(H,31,32). The number of carboxylic acid groups (broad SMARTS) is 1. The molecule has 0 fully saturated rings. The van der Waals surface area contributed by atoms with Crippen LogP contribution in [0, 0.1) is 5.92 Å². The highest BCUT2D eigenvalue weighted by Crippen LogP contribution is 2.07. The summed E-state index contributed by atoms with van der Waals surface area (Å²) in [6.45, 7) is 3.91. The number of unbranched alkanes of at least 4 members (excludes halogenated alkanes) is 1. The fourth-order valence-corrected chi connectivity index (χ4v) is 2.98. The zero-order valence-electron chi connectivity index (χ0n) is 18.6. The maximum absolute atomic E-state index is 12.7. The summed E-state index contributed by atoms with van der Waals surface area (Å²) in [5.41, 5.74) is 11.7. The van der Waals surface area contributed by atoms with Crippen molar-refractivity contribution in [1.29, 1.82) is 0 Å². The average Bonchev–Trinajstić information content (AvgIpc) is 3.23. The number of hydrogen-bond acceptors (Lipinski definition) is 7. The molecule has 0 bridgehead atoms. The molecule has 0 spiro atoms. The van der Waals surface area contributed by atoms with Crippen LogP contribution in [0.25, 0.3) is 0 Å². The average molecular weight is 454 g/mol. The van der Waals surface area contributed by atoms with Gasteiger partial charge in [0.1, 0.15) is 12.1 Å². The maximum Gasteiger partial charge on any atom is 0.326 e. The molecule has 3 amide bonds. The number of carbonyl (C=O) groups excluding carboxylic acids is 3. The van der Waals surface area contributed by atoms with Gasteiger partial charge in [0.25, 0.3) is 0 Å². The third-order valence-electron chi connectivity index (χ3n) is 4.68.